The van der Waals surface area contributed by atoms with E-state index >= 15 is 0 Å². The van der Waals surface area contributed by atoms with Crippen LogP contribution in [-0.2, 0) is 6.54 Å². The monoisotopic (exact) mass is 259 g/mol. The first-order valence-electron chi connectivity index (χ1n) is 4.48. The lowest BCUT2D eigenvalue weighted by Crippen LogP contribution is -2.27. The summed E-state index contributed by atoms with van der Waals surface area (Å²) in [6.45, 7) is 4.97. The Kier molecular flexibility index (Phi) is 3.83. The fourth-order valence-electron chi connectivity index (χ4n) is 1.09. The molecule has 0 saturated carbocycles. The van der Waals surface area contributed by atoms with Crippen molar-refractivity contribution < 1.29 is 0 Å². The van der Waals surface area contributed by atoms with E-state index in [1.165, 1.54) is 0 Å². The van der Waals surface area contributed by atoms with Gasteiger partial charge in [0.25, 0.3) is 5.56 Å². The number of rotatable bonds is 3. The number of aryl methyl sites for hydroxylation is 1. The molecule has 1 atom stereocenters. The Hall–Kier alpha value is -0.680. The summed E-state index contributed by atoms with van der Waals surface area (Å²) in [5, 5.41) is 0. The summed E-state index contributed by atoms with van der Waals surface area (Å²) in [5.41, 5.74) is 6.16. The van der Waals surface area contributed by atoms with Gasteiger partial charge in [-0.15, -0.1) is 0 Å². The highest BCUT2D eigenvalue weighted by molar-refractivity contribution is 9.10. The number of hydrogen-bond acceptors (Lipinski definition) is 3. The van der Waals surface area contributed by atoms with Crippen molar-refractivity contribution in [1.29, 1.82) is 0 Å². The molecular formula is C9H14BrN3O. The molecule has 1 rings (SSSR count). The first-order valence-corrected chi connectivity index (χ1v) is 5.27. The van der Waals surface area contributed by atoms with Crippen molar-refractivity contribution in [1.82, 2.24) is 9.55 Å². The normalized spacial score (nSPS) is 12.9. The molecule has 0 amide bonds. The van der Waals surface area contributed by atoms with E-state index in [2.05, 4.69) is 20.9 Å². The Bertz CT molecular complexity index is 375. The van der Waals surface area contributed by atoms with Crippen LogP contribution < -0.4 is 11.3 Å². The molecule has 0 radical (unpaired) electrons. The van der Waals surface area contributed by atoms with E-state index in [9.17, 15) is 4.79 Å². The molecule has 4 nitrogen and oxygen atoms in total. The lowest BCUT2D eigenvalue weighted by molar-refractivity contribution is 0.475. The molecule has 0 saturated heterocycles. The van der Waals surface area contributed by atoms with E-state index in [1.807, 2.05) is 6.92 Å². The molecule has 1 heterocycles. The molecule has 1 unspecified atom stereocenters. The number of nitrogens with zero attached hydrogens (tertiary/aromatic N) is 2. The van der Waals surface area contributed by atoms with Crippen molar-refractivity contribution in [2.45, 2.75) is 20.4 Å². The second-order valence-electron chi connectivity index (χ2n) is 3.44. The predicted octanol–water partition coefficient (Wildman–Crippen LogP) is 0.909. The summed E-state index contributed by atoms with van der Waals surface area (Å²) in [6, 6.07) is 0. The van der Waals surface area contributed by atoms with Gasteiger partial charge in [0, 0.05) is 6.54 Å². The number of nitrogens with two attached hydrogens (primary N) is 1. The van der Waals surface area contributed by atoms with Crippen LogP contribution in [-0.4, -0.2) is 16.1 Å². The van der Waals surface area contributed by atoms with Gasteiger partial charge in [-0.25, -0.2) is 4.98 Å². The quantitative estimate of drug-likeness (QED) is 0.878. The maximum atomic E-state index is 11.7. The summed E-state index contributed by atoms with van der Waals surface area (Å²) in [5.74, 6) is 0.282. The van der Waals surface area contributed by atoms with Crippen LogP contribution in [0.3, 0.4) is 0 Å². The molecule has 0 bridgehead atoms. The third-order valence-electron chi connectivity index (χ3n) is 2.07. The van der Waals surface area contributed by atoms with Gasteiger partial charge in [-0.1, -0.05) is 6.92 Å². The van der Waals surface area contributed by atoms with Crippen LogP contribution in [0.25, 0.3) is 0 Å². The zero-order valence-corrected chi connectivity index (χ0v) is 9.91. The molecule has 0 spiro atoms. The van der Waals surface area contributed by atoms with Crippen molar-refractivity contribution in [2.75, 3.05) is 6.54 Å². The van der Waals surface area contributed by atoms with Crippen molar-refractivity contribution in [3.63, 3.8) is 0 Å². The van der Waals surface area contributed by atoms with Crippen molar-refractivity contribution >= 4 is 15.9 Å². The minimum absolute atomic E-state index is 0.0437. The molecule has 14 heavy (non-hydrogen) atoms. The second kappa shape index (κ2) is 4.70. The van der Waals surface area contributed by atoms with Crippen molar-refractivity contribution in [2.24, 2.45) is 11.7 Å². The summed E-state index contributed by atoms with van der Waals surface area (Å²) in [4.78, 5) is 15.8. The van der Waals surface area contributed by atoms with E-state index in [0.29, 0.717) is 23.3 Å². The smallest absolute Gasteiger partial charge is 0.267 e. The zero-order chi connectivity index (χ0) is 10.7. The maximum Gasteiger partial charge on any atom is 0.267 e. The van der Waals surface area contributed by atoms with E-state index in [-0.39, 0.29) is 11.5 Å². The highest BCUT2D eigenvalue weighted by Crippen LogP contribution is 2.06. The molecule has 2 N–H and O–H groups in total. The minimum atomic E-state index is -0.0437. The second-order valence-corrected chi connectivity index (χ2v) is 4.24. The molecule has 5 heteroatoms. The van der Waals surface area contributed by atoms with Crippen LogP contribution in [0.4, 0.5) is 0 Å². The van der Waals surface area contributed by atoms with Crippen molar-refractivity contribution in [3.8, 4) is 0 Å². The maximum absolute atomic E-state index is 11.7. The zero-order valence-electron chi connectivity index (χ0n) is 8.33. The highest BCUT2D eigenvalue weighted by Gasteiger charge is 2.07. The van der Waals surface area contributed by atoms with E-state index in [0.717, 1.165) is 0 Å². The Morgan fingerprint density at radius 2 is 2.36 bits per heavy atom. The molecule has 0 aliphatic heterocycles. The standard InChI is InChI=1S/C9H14BrN3O/c1-6(3-11)4-13-5-12-7(2)8(10)9(13)14/h5-6H,3-4,11H2,1-2H3. The number of hydrogen-bond donors (Lipinski definition) is 1. The SMILES string of the molecule is Cc1ncn(CC(C)CN)c(=O)c1Br. The fourth-order valence-corrected chi connectivity index (χ4v) is 1.42. The molecular weight excluding hydrogens is 246 g/mol. The largest absolute Gasteiger partial charge is 0.330 e. The average Bonchev–Trinajstić information content (AvgIpc) is 2.19. The average molecular weight is 260 g/mol. The Labute approximate surface area is 91.3 Å². The minimum Gasteiger partial charge on any atom is -0.330 e. The van der Waals surface area contributed by atoms with E-state index < -0.39 is 0 Å². The lowest BCUT2D eigenvalue weighted by atomic mass is 10.2. The Morgan fingerprint density at radius 3 is 2.93 bits per heavy atom. The van der Waals surface area contributed by atoms with Gasteiger partial charge in [-0.05, 0) is 35.3 Å². The summed E-state index contributed by atoms with van der Waals surface area (Å²) < 4.78 is 2.11. The first kappa shape index (κ1) is 11.4. The molecule has 78 valence electrons. The van der Waals surface area contributed by atoms with Crippen molar-refractivity contribution in [3.05, 3.63) is 26.8 Å². The van der Waals surface area contributed by atoms with E-state index in [1.54, 1.807) is 17.8 Å². The third kappa shape index (κ3) is 2.42. The molecule has 0 aliphatic rings. The molecule has 0 fully saturated rings. The van der Waals surface area contributed by atoms with Gasteiger partial charge in [-0.2, -0.15) is 0 Å². The Balaban J connectivity index is 3.00. The third-order valence-corrected chi connectivity index (χ3v) is 2.98. The number of halogens is 1. The van der Waals surface area contributed by atoms with Gasteiger partial charge in [-0.3, -0.25) is 9.36 Å². The molecule has 1 aromatic heterocycles. The summed E-state index contributed by atoms with van der Waals surface area (Å²) in [6.07, 6.45) is 1.56. The highest BCUT2D eigenvalue weighted by atomic mass is 79.9. The molecule has 0 aromatic carbocycles. The number of aromatic nitrogens is 2. The topological polar surface area (TPSA) is 60.9 Å². The first-order chi connectivity index (χ1) is 6.56. The van der Waals surface area contributed by atoms with Gasteiger partial charge < -0.3 is 5.73 Å². The van der Waals surface area contributed by atoms with Crippen LogP contribution in [0.5, 0.6) is 0 Å². The van der Waals surface area contributed by atoms with Gasteiger partial charge in [0.05, 0.1) is 12.0 Å². The van der Waals surface area contributed by atoms with Crippen LogP contribution in [0, 0.1) is 12.8 Å². The van der Waals surface area contributed by atoms with E-state index in [4.69, 9.17) is 5.73 Å². The van der Waals surface area contributed by atoms with Gasteiger partial charge in [0.15, 0.2) is 0 Å². The summed E-state index contributed by atoms with van der Waals surface area (Å²) >= 11 is 3.21. The molecule has 1 aromatic rings. The van der Waals surface area contributed by atoms with Crippen LogP contribution in [0.2, 0.25) is 0 Å². The van der Waals surface area contributed by atoms with Gasteiger partial charge in [0.2, 0.25) is 0 Å². The Morgan fingerprint density at radius 1 is 1.71 bits per heavy atom. The lowest BCUT2D eigenvalue weighted by Gasteiger charge is -2.11. The van der Waals surface area contributed by atoms with Gasteiger partial charge in [0.1, 0.15) is 4.47 Å². The molecule has 0 aliphatic carbocycles. The van der Waals surface area contributed by atoms with Crippen LogP contribution >= 0.6 is 15.9 Å². The van der Waals surface area contributed by atoms with Crippen LogP contribution in [0.1, 0.15) is 12.6 Å². The predicted molar refractivity (Wildman–Crippen MR) is 59.2 cm³/mol. The fraction of sp³-hybridized carbons (Fsp3) is 0.556. The summed E-state index contributed by atoms with van der Waals surface area (Å²) in [7, 11) is 0. The van der Waals surface area contributed by atoms with Crippen LogP contribution in [0.15, 0.2) is 15.6 Å². The van der Waals surface area contributed by atoms with Gasteiger partial charge >= 0.3 is 0 Å².